The molecular formula is C26H29N3O3S. The van der Waals surface area contributed by atoms with Crippen molar-refractivity contribution in [3.05, 3.63) is 102 Å². The van der Waals surface area contributed by atoms with Gasteiger partial charge in [-0.2, -0.15) is 0 Å². The van der Waals surface area contributed by atoms with Crippen molar-refractivity contribution >= 4 is 15.9 Å². The number of carbonyl (C=O) groups excluding carboxylic acids is 1. The number of rotatable bonds is 10. The van der Waals surface area contributed by atoms with Gasteiger partial charge in [-0.3, -0.25) is 4.79 Å². The Hall–Kier alpha value is -3.26. The Kier molecular flexibility index (Phi) is 8.16. The van der Waals surface area contributed by atoms with Gasteiger partial charge in [-0.25, -0.2) is 13.1 Å². The van der Waals surface area contributed by atoms with Crippen molar-refractivity contribution in [2.45, 2.75) is 18.0 Å². The third-order valence-corrected chi connectivity index (χ3v) is 6.45. The van der Waals surface area contributed by atoms with Gasteiger partial charge in [-0.05, 0) is 54.5 Å². The van der Waals surface area contributed by atoms with Crippen molar-refractivity contribution in [3.63, 3.8) is 0 Å². The summed E-state index contributed by atoms with van der Waals surface area (Å²) in [7, 11) is 0.243. The molecule has 0 saturated heterocycles. The summed E-state index contributed by atoms with van der Waals surface area (Å²) >= 11 is 0. The van der Waals surface area contributed by atoms with Crippen LogP contribution in [0.5, 0.6) is 0 Å². The molecule has 172 valence electrons. The number of amides is 1. The molecule has 1 amide bonds. The first kappa shape index (κ1) is 24.4. The predicted molar refractivity (Wildman–Crippen MR) is 132 cm³/mol. The Morgan fingerprint density at radius 3 is 2.42 bits per heavy atom. The Morgan fingerprint density at radius 1 is 1.00 bits per heavy atom. The summed E-state index contributed by atoms with van der Waals surface area (Å²) < 4.78 is 28.5. The van der Waals surface area contributed by atoms with Crippen LogP contribution in [-0.2, 0) is 23.1 Å². The molecule has 0 spiro atoms. The fourth-order valence-electron chi connectivity index (χ4n) is 3.44. The number of nitrogens with one attached hydrogen (secondary N) is 2. The second kappa shape index (κ2) is 11.0. The molecule has 3 rings (SSSR count). The maximum absolute atomic E-state index is 12.9. The molecule has 6 nitrogen and oxygen atoms in total. The molecule has 3 aromatic carbocycles. The van der Waals surface area contributed by atoms with Gasteiger partial charge in [0, 0.05) is 25.2 Å². The quantitative estimate of drug-likeness (QED) is 0.448. The van der Waals surface area contributed by atoms with Gasteiger partial charge in [0.2, 0.25) is 10.0 Å². The lowest BCUT2D eigenvalue weighted by Crippen LogP contribution is -2.25. The monoisotopic (exact) mass is 463 g/mol. The first-order valence-electron chi connectivity index (χ1n) is 10.6. The van der Waals surface area contributed by atoms with E-state index in [1.54, 1.807) is 18.2 Å². The van der Waals surface area contributed by atoms with Crippen LogP contribution in [0.25, 0.3) is 11.1 Å². The highest BCUT2D eigenvalue weighted by atomic mass is 32.2. The predicted octanol–water partition coefficient (Wildman–Crippen LogP) is 3.81. The van der Waals surface area contributed by atoms with Crippen molar-refractivity contribution in [1.82, 2.24) is 14.9 Å². The average Bonchev–Trinajstić information content (AvgIpc) is 2.82. The van der Waals surface area contributed by atoms with E-state index in [9.17, 15) is 13.2 Å². The molecule has 0 aliphatic rings. The minimum Gasteiger partial charge on any atom is -0.349 e. The fraction of sp³-hybridized carbons (Fsp3) is 0.192. The number of hydrogen-bond acceptors (Lipinski definition) is 4. The number of hydrogen-bond donors (Lipinski definition) is 2. The van der Waals surface area contributed by atoms with Crippen LogP contribution in [0.2, 0.25) is 0 Å². The van der Waals surface area contributed by atoms with E-state index in [-0.39, 0.29) is 22.9 Å². The summed E-state index contributed by atoms with van der Waals surface area (Å²) in [5, 5.41) is 2.65. The van der Waals surface area contributed by atoms with Crippen LogP contribution in [0.15, 0.2) is 90.3 Å². The molecule has 0 fully saturated rings. The molecule has 0 aliphatic heterocycles. The van der Waals surface area contributed by atoms with Crippen LogP contribution < -0.4 is 10.0 Å². The summed E-state index contributed by atoms with van der Waals surface area (Å²) in [6.45, 7) is 4.85. The standard InChI is InChI=1S/C26H29N3O3S/c1-4-16-27-26(30)22-9-7-10-24(17-22)33(31,32)28-18-23-8-5-6-11-25(23)21-14-12-20(13-15-21)19-29(2)3/h4-15,17,28H,1,16,18-19H2,2-3H3,(H,27,30). The molecular weight excluding hydrogens is 434 g/mol. The number of nitrogens with zero attached hydrogens (tertiary/aromatic N) is 1. The topological polar surface area (TPSA) is 78.5 Å². The molecule has 0 aromatic heterocycles. The third-order valence-electron chi connectivity index (χ3n) is 5.05. The zero-order chi connectivity index (χ0) is 23.8. The van der Waals surface area contributed by atoms with Crippen molar-refractivity contribution in [3.8, 4) is 11.1 Å². The zero-order valence-electron chi connectivity index (χ0n) is 18.9. The van der Waals surface area contributed by atoms with Crippen LogP contribution in [0.1, 0.15) is 21.5 Å². The lowest BCUT2D eigenvalue weighted by Gasteiger charge is -2.13. The molecule has 0 radical (unpaired) electrons. The van der Waals surface area contributed by atoms with Gasteiger partial charge < -0.3 is 10.2 Å². The number of benzene rings is 3. The van der Waals surface area contributed by atoms with Crippen LogP contribution in [-0.4, -0.2) is 39.9 Å². The molecule has 0 unspecified atom stereocenters. The van der Waals surface area contributed by atoms with E-state index in [0.717, 1.165) is 23.2 Å². The van der Waals surface area contributed by atoms with E-state index < -0.39 is 10.0 Å². The van der Waals surface area contributed by atoms with Crippen LogP contribution in [0, 0.1) is 0 Å². The summed E-state index contributed by atoms with van der Waals surface area (Å²) in [5.41, 5.74) is 4.33. The molecule has 0 saturated carbocycles. The largest absolute Gasteiger partial charge is 0.349 e. The van der Waals surface area contributed by atoms with Gasteiger partial charge in [0.1, 0.15) is 0 Å². The highest BCUT2D eigenvalue weighted by Crippen LogP contribution is 2.25. The van der Waals surface area contributed by atoms with E-state index >= 15 is 0 Å². The Bertz CT molecular complexity index is 1220. The molecule has 0 bridgehead atoms. The van der Waals surface area contributed by atoms with Gasteiger partial charge >= 0.3 is 0 Å². The van der Waals surface area contributed by atoms with Crippen molar-refractivity contribution in [2.75, 3.05) is 20.6 Å². The molecule has 0 heterocycles. The first-order valence-corrected chi connectivity index (χ1v) is 12.1. The first-order chi connectivity index (χ1) is 15.8. The van der Waals surface area contributed by atoms with Gasteiger partial charge in [-0.1, -0.05) is 60.7 Å². The summed E-state index contributed by atoms with van der Waals surface area (Å²) in [6.07, 6.45) is 1.56. The van der Waals surface area contributed by atoms with Crippen molar-refractivity contribution in [2.24, 2.45) is 0 Å². The lowest BCUT2D eigenvalue weighted by molar-refractivity contribution is 0.0958. The SMILES string of the molecule is C=CCNC(=O)c1cccc(S(=O)(=O)NCc2ccccc2-c2ccc(CN(C)C)cc2)c1. The summed E-state index contributed by atoms with van der Waals surface area (Å²) in [4.78, 5) is 14.3. The van der Waals surface area contributed by atoms with E-state index in [0.29, 0.717) is 6.54 Å². The molecule has 2 N–H and O–H groups in total. The molecule has 33 heavy (non-hydrogen) atoms. The maximum Gasteiger partial charge on any atom is 0.251 e. The molecule has 0 aliphatic carbocycles. The normalized spacial score (nSPS) is 11.4. The summed E-state index contributed by atoms with van der Waals surface area (Å²) in [5.74, 6) is -0.352. The number of sulfonamides is 1. The second-order valence-corrected chi connectivity index (χ2v) is 9.71. The second-order valence-electron chi connectivity index (χ2n) is 7.94. The Morgan fingerprint density at radius 2 is 1.73 bits per heavy atom. The van der Waals surface area contributed by atoms with E-state index in [1.165, 1.54) is 17.7 Å². The van der Waals surface area contributed by atoms with Crippen molar-refractivity contribution in [1.29, 1.82) is 0 Å². The van der Waals surface area contributed by atoms with Crippen LogP contribution in [0.4, 0.5) is 0 Å². The van der Waals surface area contributed by atoms with Crippen LogP contribution in [0.3, 0.4) is 0 Å². The minimum atomic E-state index is -3.81. The molecule has 7 heteroatoms. The van der Waals surface area contributed by atoms with Gasteiger partial charge in [0.25, 0.3) is 5.91 Å². The third kappa shape index (κ3) is 6.61. The average molecular weight is 464 g/mol. The highest BCUT2D eigenvalue weighted by molar-refractivity contribution is 7.89. The number of carbonyl (C=O) groups is 1. The fourth-order valence-corrected chi connectivity index (χ4v) is 4.49. The van der Waals surface area contributed by atoms with Gasteiger partial charge in [-0.15, -0.1) is 6.58 Å². The highest BCUT2D eigenvalue weighted by Gasteiger charge is 2.17. The Labute approximate surface area is 196 Å². The van der Waals surface area contributed by atoms with Crippen molar-refractivity contribution < 1.29 is 13.2 Å². The molecule has 0 atom stereocenters. The van der Waals surface area contributed by atoms with E-state index in [2.05, 4.69) is 45.8 Å². The van der Waals surface area contributed by atoms with Crippen LogP contribution >= 0.6 is 0 Å². The lowest BCUT2D eigenvalue weighted by atomic mass is 9.99. The van der Waals surface area contributed by atoms with E-state index in [1.807, 2.05) is 38.4 Å². The van der Waals surface area contributed by atoms with Gasteiger partial charge in [0.05, 0.1) is 4.90 Å². The Balaban J connectivity index is 1.78. The summed E-state index contributed by atoms with van der Waals surface area (Å²) in [6, 6.07) is 22.0. The maximum atomic E-state index is 12.9. The zero-order valence-corrected chi connectivity index (χ0v) is 19.7. The van der Waals surface area contributed by atoms with Gasteiger partial charge in [0.15, 0.2) is 0 Å². The smallest absolute Gasteiger partial charge is 0.251 e. The van der Waals surface area contributed by atoms with E-state index in [4.69, 9.17) is 0 Å². The minimum absolute atomic E-state index is 0.0410. The molecule has 3 aromatic rings.